The molecule has 0 saturated heterocycles. The van der Waals surface area contributed by atoms with Gasteiger partial charge in [-0.2, -0.15) is 15.4 Å². The number of H-pyrrole nitrogens is 1. The Labute approximate surface area is 189 Å². The summed E-state index contributed by atoms with van der Waals surface area (Å²) < 4.78 is 22.4. The van der Waals surface area contributed by atoms with Gasteiger partial charge in [0.15, 0.2) is 0 Å². The maximum Gasteiger partial charge on any atom is 0.407 e. The average molecular weight is 473 g/mol. The van der Waals surface area contributed by atoms with Crippen LogP contribution in [0.25, 0.3) is 0 Å². The van der Waals surface area contributed by atoms with E-state index in [0.717, 1.165) is 49.9 Å². The highest BCUT2D eigenvalue weighted by Crippen LogP contribution is 2.52. The number of hydrogen-bond donors (Lipinski definition) is 4. The van der Waals surface area contributed by atoms with Gasteiger partial charge in [0.05, 0.1) is 30.3 Å². The third kappa shape index (κ3) is 7.01. The van der Waals surface area contributed by atoms with Crippen molar-refractivity contribution in [2.75, 3.05) is 26.4 Å². The van der Waals surface area contributed by atoms with Gasteiger partial charge in [-0.1, -0.05) is 20.3 Å². The number of aryl methyl sites for hydroxylation is 2. The minimum atomic E-state index is -3.62. The number of aliphatic hydroxyl groups excluding tert-OH is 1. The van der Waals surface area contributed by atoms with E-state index in [1.807, 2.05) is 0 Å². The molecule has 0 bridgehead atoms. The first-order valence-electron chi connectivity index (χ1n) is 11.7. The van der Waals surface area contributed by atoms with E-state index < -0.39 is 13.3 Å². The van der Waals surface area contributed by atoms with Crippen molar-refractivity contribution in [3.8, 4) is 0 Å². The molecule has 3 rings (SSSR count). The summed E-state index contributed by atoms with van der Waals surface area (Å²) in [6.07, 6.45) is 5.77. The minimum absolute atomic E-state index is 0.0544. The number of carbonyl (C=O) groups is 1. The lowest BCUT2D eigenvalue weighted by Gasteiger charge is -2.19. The third-order valence-corrected chi connectivity index (χ3v) is 8.59. The SMILES string of the molecule is CC(C)P(=O)(O)OCC(CO)CCCCNC(=O)OCC1[C@H]2CCc3n[nH]nc3CC[C@@H]12. The Hall–Kier alpha value is -1.48. The number of fused-ring (bicyclic) bond motifs is 2. The second-order valence-electron chi connectivity index (χ2n) is 9.31. The molecule has 2 aliphatic carbocycles. The number of nitrogens with zero attached hydrogens (tertiary/aromatic N) is 2. The summed E-state index contributed by atoms with van der Waals surface area (Å²) in [5.74, 6) is 1.46. The summed E-state index contributed by atoms with van der Waals surface area (Å²) in [6.45, 7) is 4.16. The van der Waals surface area contributed by atoms with Gasteiger partial charge in [0.2, 0.25) is 0 Å². The van der Waals surface area contributed by atoms with Crippen molar-refractivity contribution in [2.45, 2.75) is 64.5 Å². The quantitative estimate of drug-likeness (QED) is 0.268. The molecule has 1 fully saturated rings. The Morgan fingerprint density at radius 1 is 1.22 bits per heavy atom. The monoisotopic (exact) mass is 472 g/mol. The van der Waals surface area contributed by atoms with E-state index in [1.54, 1.807) is 13.8 Å². The molecule has 182 valence electrons. The van der Waals surface area contributed by atoms with Crippen LogP contribution >= 0.6 is 7.60 Å². The van der Waals surface area contributed by atoms with E-state index in [9.17, 15) is 19.4 Å². The van der Waals surface area contributed by atoms with Crippen molar-refractivity contribution in [1.29, 1.82) is 0 Å². The number of hydrogen-bond acceptors (Lipinski definition) is 7. The second-order valence-corrected chi connectivity index (χ2v) is 11.7. The fourth-order valence-electron chi connectivity index (χ4n) is 4.47. The zero-order valence-electron chi connectivity index (χ0n) is 19.0. The summed E-state index contributed by atoms with van der Waals surface area (Å²) in [7, 11) is -3.62. The summed E-state index contributed by atoms with van der Waals surface area (Å²) in [5, 5.41) is 23.4. The topological polar surface area (TPSA) is 147 Å². The molecule has 0 radical (unpaired) electrons. The number of ether oxygens (including phenoxy) is 1. The summed E-state index contributed by atoms with van der Waals surface area (Å²) in [4.78, 5) is 21.7. The molecule has 1 saturated carbocycles. The van der Waals surface area contributed by atoms with E-state index in [4.69, 9.17) is 9.26 Å². The Bertz CT molecular complexity index is 760. The molecule has 11 heteroatoms. The first-order valence-corrected chi connectivity index (χ1v) is 13.3. The number of aliphatic hydroxyl groups is 1. The molecule has 1 heterocycles. The molecular weight excluding hydrogens is 435 g/mol. The van der Waals surface area contributed by atoms with Crippen molar-refractivity contribution in [1.82, 2.24) is 20.7 Å². The molecule has 0 aromatic carbocycles. The molecule has 10 nitrogen and oxygen atoms in total. The molecule has 1 amide bonds. The van der Waals surface area contributed by atoms with Crippen LogP contribution in [-0.4, -0.2) is 63.5 Å². The van der Waals surface area contributed by atoms with Crippen LogP contribution in [0.5, 0.6) is 0 Å². The smallest absolute Gasteiger partial charge is 0.407 e. The highest BCUT2D eigenvalue weighted by atomic mass is 31.2. The highest BCUT2D eigenvalue weighted by Gasteiger charge is 2.50. The largest absolute Gasteiger partial charge is 0.449 e. The Kier molecular flexibility index (Phi) is 9.11. The summed E-state index contributed by atoms with van der Waals surface area (Å²) in [6, 6.07) is 0. The van der Waals surface area contributed by atoms with Gasteiger partial charge >= 0.3 is 13.7 Å². The molecule has 0 aliphatic heterocycles. The van der Waals surface area contributed by atoms with Crippen molar-refractivity contribution in [3.05, 3.63) is 11.4 Å². The molecule has 4 N–H and O–H groups in total. The zero-order chi connectivity index (χ0) is 23.1. The molecule has 1 aromatic heterocycles. The van der Waals surface area contributed by atoms with Crippen LogP contribution < -0.4 is 5.32 Å². The number of rotatable bonds is 12. The Morgan fingerprint density at radius 3 is 2.47 bits per heavy atom. The van der Waals surface area contributed by atoms with Crippen molar-refractivity contribution < 1.29 is 28.6 Å². The summed E-state index contributed by atoms with van der Waals surface area (Å²) >= 11 is 0. The third-order valence-electron chi connectivity index (χ3n) is 6.76. The predicted octanol–water partition coefficient (Wildman–Crippen LogP) is 2.66. The molecule has 32 heavy (non-hydrogen) atoms. The van der Waals surface area contributed by atoms with Gasteiger partial charge in [-0.05, 0) is 56.3 Å². The van der Waals surface area contributed by atoms with Crippen molar-refractivity contribution in [2.24, 2.45) is 23.7 Å². The number of aromatic nitrogens is 3. The number of unbranched alkanes of at least 4 members (excludes halogenated alkanes) is 1. The fourth-order valence-corrected chi connectivity index (χ4v) is 5.19. The van der Waals surface area contributed by atoms with Crippen LogP contribution in [0.1, 0.15) is 57.3 Å². The standard InChI is InChI=1S/C21H37N4O6P/c1-14(2)32(28,29)31-12-15(11-26)5-3-4-10-22-21(27)30-13-18-16-6-8-19-20(24-25-23-19)9-7-17(16)18/h14-18,26H,3-13H2,1-2H3,(H,22,27)(H,28,29)(H,23,24,25)/t15?,16-,17+,18?. The van der Waals surface area contributed by atoms with Gasteiger partial charge < -0.3 is 24.6 Å². The highest BCUT2D eigenvalue weighted by molar-refractivity contribution is 7.53. The van der Waals surface area contributed by atoms with Crippen LogP contribution in [0, 0.1) is 23.7 Å². The van der Waals surface area contributed by atoms with E-state index in [2.05, 4.69) is 20.7 Å². The number of carbonyl (C=O) groups excluding carboxylic acids is 1. The van der Waals surface area contributed by atoms with Gasteiger partial charge in [0, 0.05) is 19.1 Å². The maximum absolute atomic E-state index is 12.0. The normalized spacial score (nSPS) is 25.1. The number of aromatic amines is 1. The average Bonchev–Trinajstić information content (AvgIpc) is 3.20. The summed E-state index contributed by atoms with van der Waals surface area (Å²) in [5.41, 5.74) is 1.69. The molecule has 3 unspecified atom stereocenters. The van der Waals surface area contributed by atoms with Crippen LogP contribution in [0.2, 0.25) is 0 Å². The molecule has 2 aliphatic rings. The molecular formula is C21H37N4O6P. The van der Waals surface area contributed by atoms with Crippen LogP contribution in [0.4, 0.5) is 4.79 Å². The second kappa shape index (κ2) is 11.6. The molecule has 0 spiro atoms. The van der Waals surface area contributed by atoms with Crippen LogP contribution in [-0.2, 0) is 26.7 Å². The number of amides is 1. The van der Waals surface area contributed by atoms with Crippen molar-refractivity contribution >= 4 is 13.7 Å². The first kappa shape index (κ1) is 25.1. The Morgan fingerprint density at radius 2 is 1.88 bits per heavy atom. The number of alkyl carbamates (subject to hydrolysis) is 1. The molecule has 5 atom stereocenters. The van der Waals surface area contributed by atoms with E-state index in [1.165, 1.54) is 0 Å². The van der Waals surface area contributed by atoms with E-state index in [0.29, 0.717) is 37.3 Å². The van der Waals surface area contributed by atoms with Gasteiger partial charge in [0.25, 0.3) is 0 Å². The zero-order valence-corrected chi connectivity index (χ0v) is 19.9. The molecule has 1 aromatic rings. The predicted molar refractivity (Wildman–Crippen MR) is 118 cm³/mol. The lowest BCUT2D eigenvalue weighted by Crippen LogP contribution is -2.26. The van der Waals surface area contributed by atoms with Crippen LogP contribution in [0.3, 0.4) is 0 Å². The van der Waals surface area contributed by atoms with E-state index >= 15 is 0 Å². The minimum Gasteiger partial charge on any atom is -0.449 e. The first-order chi connectivity index (χ1) is 15.3. The lowest BCUT2D eigenvalue weighted by atomic mass is 10.0. The Balaban J connectivity index is 1.24. The van der Waals surface area contributed by atoms with E-state index in [-0.39, 0.29) is 25.2 Å². The number of nitrogens with one attached hydrogen (secondary N) is 2. The van der Waals surface area contributed by atoms with Gasteiger partial charge in [-0.25, -0.2) is 4.79 Å². The lowest BCUT2D eigenvalue weighted by molar-refractivity contribution is 0.135. The van der Waals surface area contributed by atoms with Gasteiger partial charge in [-0.3, -0.25) is 4.57 Å². The fraction of sp³-hybridized carbons (Fsp3) is 0.857. The van der Waals surface area contributed by atoms with Gasteiger partial charge in [-0.15, -0.1) is 0 Å². The van der Waals surface area contributed by atoms with Crippen molar-refractivity contribution in [3.63, 3.8) is 0 Å². The van der Waals surface area contributed by atoms with Gasteiger partial charge in [0.1, 0.15) is 0 Å². The van der Waals surface area contributed by atoms with Crippen LogP contribution in [0.15, 0.2) is 0 Å². The maximum atomic E-state index is 12.0.